The predicted octanol–water partition coefficient (Wildman–Crippen LogP) is 3.85. The summed E-state index contributed by atoms with van der Waals surface area (Å²) in [4.78, 5) is 19.9. The number of aromatic carboxylic acids is 1. The van der Waals surface area contributed by atoms with Gasteiger partial charge in [0.1, 0.15) is 17.3 Å². The molecule has 2 N–H and O–H groups in total. The monoisotopic (exact) mass is 360 g/mol. The molecule has 0 radical (unpaired) electrons. The Balaban J connectivity index is 1.85. The van der Waals surface area contributed by atoms with E-state index >= 15 is 0 Å². The zero-order valence-electron chi connectivity index (χ0n) is 14.5. The summed E-state index contributed by atoms with van der Waals surface area (Å²) < 4.78 is 7.31. The van der Waals surface area contributed by atoms with Gasteiger partial charge < -0.3 is 15.2 Å². The maximum atomic E-state index is 11.1. The molecule has 0 fully saturated rings. The first-order chi connectivity index (χ1) is 13.2. The van der Waals surface area contributed by atoms with Crippen molar-refractivity contribution in [3.8, 4) is 17.0 Å². The van der Waals surface area contributed by atoms with E-state index in [1.807, 2.05) is 34.9 Å². The first kappa shape index (κ1) is 16.6. The SMILES string of the molecule is COc1ccccc1Nc1c(-c2ccc(C(=O)O)cc2)nc2cnccn12. The Labute approximate surface area is 154 Å². The molecule has 2 aromatic carbocycles. The molecule has 0 unspecified atom stereocenters. The quantitative estimate of drug-likeness (QED) is 0.562. The normalized spacial score (nSPS) is 10.7. The number of imidazole rings is 1. The minimum absolute atomic E-state index is 0.225. The molecular formula is C20H16N4O3. The number of nitrogens with zero attached hydrogens (tertiary/aromatic N) is 3. The van der Waals surface area contributed by atoms with Crippen LogP contribution >= 0.6 is 0 Å². The molecule has 0 amide bonds. The van der Waals surface area contributed by atoms with Crippen LogP contribution < -0.4 is 10.1 Å². The van der Waals surface area contributed by atoms with E-state index in [2.05, 4.69) is 15.3 Å². The number of carboxylic acids is 1. The molecule has 0 bridgehead atoms. The highest BCUT2D eigenvalue weighted by atomic mass is 16.5. The number of ether oxygens (including phenoxy) is 1. The fourth-order valence-electron chi connectivity index (χ4n) is 2.87. The second kappa shape index (κ2) is 6.80. The number of nitrogens with one attached hydrogen (secondary N) is 1. The average Bonchev–Trinajstić information content (AvgIpc) is 3.07. The van der Waals surface area contributed by atoms with Gasteiger partial charge in [0.2, 0.25) is 0 Å². The summed E-state index contributed by atoms with van der Waals surface area (Å²) >= 11 is 0. The summed E-state index contributed by atoms with van der Waals surface area (Å²) in [6.45, 7) is 0. The van der Waals surface area contributed by atoms with Gasteiger partial charge in [0, 0.05) is 18.0 Å². The van der Waals surface area contributed by atoms with Gasteiger partial charge in [-0.3, -0.25) is 9.38 Å². The average molecular weight is 360 g/mol. The van der Waals surface area contributed by atoms with Gasteiger partial charge in [0.15, 0.2) is 5.65 Å². The van der Waals surface area contributed by atoms with Crippen molar-refractivity contribution >= 4 is 23.1 Å². The Morgan fingerprint density at radius 3 is 2.67 bits per heavy atom. The predicted molar refractivity (Wildman–Crippen MR) is 102 cm³/mol. The summed E-state index contributed by atoms with van der Waals surface area (Å²) in [5, 5.41) is 12.5. The van der Waals surface area contributed by atoms with Crippen LogP contribution in [-0.4, -0.2) is 32.6 Å². The van der Waals surface area contributed by atoms with Gasteiger partial charge in [-0.15, -0.1) is 0 Å². The van der Waals surface area contributed by atoms with Gasteiger partial charge in [-0.1, -0.05) is 24.3 Å². The Morgan fingerprint density at radius 1 is 1.15 bits per heavy atom. The van der Waals surface area contributed by atoms with Crippen LogP contribution in [0.5, 0.6) is 5.75 Å². The number of rotatable bonds is 5. The summed E-state index contributed by atoms with van der Waals surface area (Å²) in [6.07, 6.45) is 5.16. The van der Waals surface area contributed by atoms with Crippen LogP contribution in [0.25, 0.3) is 16.9 Å². The van der Waals surface area contributed by atoms with E-state index in [0.29, 0.717) is 17.1 Å². The molecule has 7 heteroatoms. The number of hydrogen-bond donors (Lipinski definition) is 2. The summed E-state index contributed by atoms with van der Waals surface area (Å²) in [6, 6.07) is 14.2. The van der Waals surface area contributed by atoms with Gasteiger partial charge in [-0.25, -0.2) is 9.78 Å². The molecule has 0 aliphatic heterocycles. The number of carbonyl (C=O) groups is 1. The van der Waals surface area contributed by atoms with E-state index in [0.717, 1.165) is 17.1 Å². The number of aromatic nitrogens is 3. The van der Waals surface area contributed by atoms with E-state index in [9.17, 15) is 4.79 Å². The smallest absolute Gasteiger partial charge is 0.335 e. The van der Waals surface area contributed by atoms with Gasteiger partial charge in [0.25, 0.3) is 0 Å². The van der Waals surface area contributed by atoms with Crippen molar-refractivity contribution in [1.82, 2.24) is 14.4 Å². The molecule has 2 heterocycles. The first-order valence-corrected chi connectivity index (χ1v) is 8.23. The van der Waals surface area contributed by atoms with Crippen molar-refractivity contribution in [3.05, 3.63) is 72.7 Å². The molecule has 2 aromatic heterocycles. The van der Waals surface area contributed by atoms with Crippen molar-refractivity contribution < 1.29 is 14.6 Å². The third kappa shape index (κ3) is 3.06. The number of anilines is 2. The summed E-state index contributed by atoms with van der Waals surface area (Å²) in [5.74, 6) is 0.474. The van der Waals surface area contributed by atoms with E-state index in [-0.39, 0.29) is 5.56 Å². The van der Waals surface area contributed by atoms with E-state index in [4.69, 9.17) is 9.84 Å². The highest BCUT2D eigenvalue weighted by Crippen LogP contribution is 2.34. The number of fused-ring (bicyclic) bond motifs is 1. The molecule has 0 saturated carbocycles. The molecular weight excluding hydrogens is 344 g/mol. The Hall–Kier alpha value is -3.87. The first-order valence-electron chi connectivity index (χ1n) is 8.23. The van der Waals surface area contributed by atoms with Crippen LogP contribution in [0.4, 0.5) is 11.5 Å². The maximum Gasteiger partial charge on any atom is 0.335 e. The molecule has 27 heavy (non-hydrogen) atoms. The lowest BCUT2D eigenvalue weighted by Crippen LogP contribution is -1.99. The zero-order chi connectivity index (χ0) is 18.8. The number of para-hydroxylation sites is 2. The van der Waals surface area contributed by atoms with E-state index in [1.165, 1.54) is 0 Å². The molecule has 0 aliphatic rings. The standard InChI is InChI=1S/C20H16N4O3/c1-27-16-5-3-2-4-15(16)22-19-18(23-17-12-21-10-11-24(17)19)13-6-8-14(9-7-13)20(25)26/h2-12,22H,1H3,(H,25,26). The van der Waals surface area contributed by atoms with Crippen LogP contribution in [0.2, 0.25) is 0 Å². The van der Waals surface area contributed by atoms with Crippen LogP contribution in [0, 0.1) is 0 Å². The fraction of sp³-hybridized carbons (Fsp3) is 0.0500. The summed E-state index contributed by atoms with van der Waals surface area (Å²) in [7, 11) is 1.62. The highest BCUT2D eigenvalue weighted by molar-refractivity contribution is 5.89. The third-order valence-electron chi connectivity index (χ3n) is 4.20. The van der Waals surface area contributed by atoms with Gasteiger partial charge in [0.05, 0.1) is 24.6 Å². The van der Waals surface area contributed by atoms with Gasteiger partial charge in [-0.05, 0) is 24.3 Å². The largest absolute Gasteiger partial charge is 0.495 e. The summed E-state index contributed by atoms with van der Waals surface area (Å²) in [5.41, 5.74) is 3.17. The van der Waals surface area contributed by atoms with Crippen molar-refractivity contribution in [3.63, 3.8) is 0 Å². The van der Waals surface area contributed by atoms with Crippen molar-refractivity contribution in [2.24, 2.45) is 0 Å². The number of hydrogen-bond acceptors (Lipinski definition) is 5. The molecule has 7 nitrogen and oxygen atoms in total. The van der Waals surface area contributed by atoms with Crippen LogP contribution in [0.3, 0.4) is 0 Å². The topological polar surface area (TPSA) is 88.8 Å². The lowest BCUT2D eigenvalue weighted by Gasteiger charge is -2.12. The molecule has 0 spiro atoms. The van der Waals surface area contributed by atoms with Crippen LogP contribution in [0.15, 0.2) is 67.1 Å². The Kier molecular flexibility index (Phi) is 4.18. The number of benzene rings is 2. The third-order valence-corrected chi connectivity index (χ3v) is 4.20. The van der Waals surface area contributed by atoms with Crippen molar-refractivity contribution in [2.45, 2.75) is 0 Å². The molecule has 4 rings (SSSR count). The Bertz CT molecular complexity index is 1120. The minimum atomic E-state index is -0.965. The van der Waals surface area contributed by atoms with Crippen LogP contribution in [-0.2, 0) is 0 Å². The van der Waals surface area contributed by atoms with Crippen molar-refractivity contribution in [1.29, 1.82) is 0 Å². The number of carboxylic acid groups (broad SMARTS) is 1. The zero-order valence-corrected chi connectivity index (χ0v) is 14.5. The van der Waals surface area contributed by atoms with Crippen LogP contribution in [0.1, 0.15) is 10.4 Å². The molecule has 0 aliphatic carbocycles. The van der Waals surface area contributed by atoms with Crippen molar-refractivity contribution in [2.75, 3.05) is 12.4 Å². The lowest BCUT2D eigenvalue weighted by atomic mass is 10.1. The molecule has 0 saturated heterocycles. The van der Waals surface area contributed by atoms with Gasteiger partial charge in [-0.2, -0.15) is 0 Å². The Morgan fingerprint density at radius 2 is 1.93 bits per heavy atom. The second-order valence-corrected chi connectivity index (χ2v) is 5.82. The lowest BCUT2D eigenvalue weighted by molar-refractivity contribution is 0.0697. The molecule has 134 valence electrons. The number of methoxy groups -OCH3 is 1. The molecule has 0 atom stereocenters. The van der Waals surface area contributed by atoms with E-state index in [1.54, 1.807) is 43.8 Å². The maximum absolute atomic E-state index is 11.1. The molecule has 4 aromatic rings. The highest BCUT2D eigenvalue weighted by Gasteiger charge is 2.16. The fourth-order valence-corrected chi connectivity index (χ4v) is 2.87. The van der Waals surface area contributed by atoms with Gasteiger partial charge >= 0.3 is 5.97 Å². The van der Waals surface area contributed by atoms with E-state index < -0.39 is 5.97 Å². The second-order valence-electron chi connectivity index (χ2n) is 5.82. The minimum Gasteiger partial charge on any atom is -0.495 e.